The number of aliphatic hydroxyl groups excluding tert-OH is 1. The van der Waals surface area contributed by atoms with Crippen LogP contribution >= 0.6 is 0 Å². The van der Waals surface area contributed by atoms with Crippen LogP contribution < -0.4 is 5.32 Å². The number of nitrogens with zero attached hydrogens (tertiary/aromatic N) is 2. The van der Waals surface area contributed by atoms with Crippen molar-refractivity contribution < 1.29 is 14.6 Å². The van der Waals surface area contributed by atoms with Gasteiger partial charge >= 0.3 is 6.03 Å². The fourth-order valence-corrected chi connectivity index (χ4v) is 2.69. The molecule has 0 aliphatic carbocycles. The Morgan fingerprint density at radius 3 is 3.00 bits per heavy atom. The molecule has 0 spiro atoms. The lowest BCUT2D eigenvalue weighted by Crippen LogP contribution is -2.39. The molecule has 2 heterocycles. The van der Waals surface area contributed by atoms with Gasteiger partial charge in [0.2, 0.25) is 0 Å². The van der Waals surface area contributed by atoms with E-state index in [0.29, 0.717) is 26.3 Å². The lowest BCUT2D eigenvalue weighted by atomic mass is 10.1. The van der Waals surface area contributed by atoms with Crippen molar-refractivity contribution in [1.82, 2.24) is 9.88 Å². The van der Waals surface area contributed by atoms with Gasteiger partial charge in [-0.3, -0.25) is 4.98 Å². The minimum absolute atomic E-state index is 0.0142. The van der Waals surface area contributed by atoms with Crippen LogP contribution in [0, 0.1) is 5.92 Å². The Morgan fingerprint density at radius 2 is 2.21 bits per heavy atom. The van der Waals surface area contributed by atoms with Gasteiger partial charge in [-0.15, -0.1) is 0 Å². The molecular weight excluding hydrogens is 306 g/mol. The van der Waals surface area contributed by atoms with Crippen LogP contribution in [-0.2, 0) is 4.74 Å². The molecule has 6 heteroatoms. The van der Waals surface area contributed by atoms with Crippen molar-refractivity contribution in [2.45, 2.75) is 0 Å². The zero-order valence-electron chi connectivity index (χ0n) is 13.4. The van der Waals surface area contributed by atoms with E-state index in [4.69, 9.17) is 4.74 Å². The number of urea groups is 1. The van der Waals surface area contributed by atoms with E-state index in [0.717, 1.165) is 16.8 Å². The Kier molecular flexibility index (Phi) is 5.40. The highest BCUT2D eigenvalue weighted by Gasteiger charge is 2.22. The van der Waals surface area contributed by atoms with Crippen molar-refractivity contribution in [2.24, 2.45) is 5.92 Å². The highest BCUT2D eigenvalue weighted by molar-refractivity contribution is 5.90. The first-order chi connectivity index (χ1) is 11.8. The molecule has 6 nitrogen and oxygen atoms in total. The summed E-state index contributed by atoms with van der Waals surface area (Å²) in [6.07, 6.45) is 3.52. The summed E-state index contributed by atoms with van der Waals surface area (Å²) in [4.78, 5) is 18.3. The van der Waals surface area contributed by atoms with E-state index in [1.165, 1.54) is 0 Å². The molecule has 3 rings (SSSR count). The summed E-state index contributed by atoms with van der Waals surface area (Å²) < 4.78 is 5.42. The topological polar surface area (TPSA) is 74.7 Å². The van der Waals surface area contributed by atoms with Gasteiger partial charge in [0, 0.05) is 49.3 Å². The van der Waals surface area contributed by atoms with Gasteiger partial charge in [0.25, 0.3) is 0 Å². The Labute approximate surface area is 141 Å². The summed E-state index contributed by atoms with van der Waals surface area (Å²) in [7, 11) is 0. The molecule has 1 fully saturated rings. The van der Waals surface area contributed by atoms with Crippen LogP contribution in [0.2, 0.25) is 0 Å². The number of ether oxygens (including phenoxy) is 1. The van der Waals surface area contributed by atoms with Crippen LogP contribution in [0.3, 0.4) is 0 Å². The first-order valence-corrected chi connectivity index (χ1v) is 8.01. The number of aliphatic hydroxyl groups is 1. The molecule has 0 radical (unpaired) electrons. The number of pyridine rings is 1. The number of hydrogen-bond donors (Lipinski definition) is 2. The summed E-state index contributed by atoms with van der Waals surface area (Å²) in [5.74, 6) is -0.0417. The van der Waals surface area contributed by atoms with Gasteiger partial charge in [0.05, 0.1) is 13.2 Å². The maximum Gasteiger partial charge on any atom is 0.321 e. The monoisotopic (exact) mass is 327 g/mol. The number of hydrogen-bond acceptors (Lipinski definition) is 4. The van der Waals surface area contributed by atoms with Crippen LogP contribution in [0.25, 0.3) is 11.1 Å². The molecule has 24 heavy (non-hydrogen) atoms. The normalized spacial score (nSPS) is 18.0. The molecule has 1 aromatic heterocycles. The third kappa shape index (κ3) is 4.10. The summed E-state index contributed by atoms with van der Waals surface area (Å²) in [6.45, 7) is 1.99. The minimum Gasteiger partial charge on any atom is -0.396 e. The quantitative estimate of drug-likeness (QED) is 0.906. The zero-order valence-corrected chi connectivity index (χ0v) is 13.4. The molecule has 126 valence electrons. The minimum atomic E-state index is -0.178. The predicted molar refractivity (Wildman–Crippen MR) is 91.7 cm³/mol. The van der Waals surface area contributed by atoms with Gasteiger partial charge < -0.3 is 20.1 Å². The fourth-order valence-electron chi connectivity index (χ4n) is 2.69. The first-order valence-electron chi connectivity index (χ1n) is 8.01. The smallest absolute Gasteiger partial charge is 0.321 e. The average Bonchev–Trinajstić information content (AvgIpc) is 2.88. The second-order valence-corrected chi connectivity index (χ2v) is 5.82. The Bertz CT molecular complexity index is 678. The molecule has 1 aliphatic heterocycles. The van der Waals surface area contributed by atoms with Crippen molar-refractivity contribution in [3.63, 3.8) is 0 Å². The molecule has 1 aromatic carbocycles. The van der Waals surface area contributed by atoms with Crippen LogP contribution in [0.1, 0.15) is 0 Å². The molecule has 2 N–H and O–H groups in total. The Balaban J connectivity index is 1.70. The Hall–Kier alpha value is -2.44. The van der Waals surface area contributed by atoms with Gasteiger partial charge in [-0.1, -0.05) is 18.2 Å². The lowest BCUT2D eigenvalue weighted by Gasteiger charge is -2.23. The Morgan fingerprint density at radius 1 is 1.33 bits per heavy atom. The molecule has 1 aliphatic rings. The molecule has 0 bridgehead atoms. The van der Waals surface area contributed by atoms with Gasteiger partial charge in [0.15, 0.2) is 0 Å². The number of amides is 2. The van der Waals surface area contributed by atoms with E-state index in [1.807, 2.05) is 36.4 Å². The van der Waals surface area contributed by atoms with E-state index in [2.05, 4.69) is 10.3 Å². The number of rotatable bonds is 3. The molecule has 2 aromatic rings. The van der Waals surface area contributed by atoms with Crippen LogP contribution in [0.15, 0.2) is 48.8 Å². The second kappa shape index (κ2) is 7.90. The van der Waals surface area contributed by atoms with E-state index in [9.17, 15) is 9.90 Å². The van der Waals surface area contributed by atoms with Gasteiger partial charge in [-0.2, -0.15) is 0 Å². The van der Waals surface area contributed by atoms with Gasteiger partial charge in [-0.05, 0) is 23.8 Å². The molecule has 1 atom stereocenters. The second-order valence-electron chi connectivity index (χ2n) is 5.82. The van der Waals surface area contributed by atoms with E-state index >= 15 is 0 Å². The standard InChI is InChI=1S/C18H21N3O3/c22-12-14-11-21(7-8-24-13-14)18(23)20-17-5-1-3-15(9-17)16-4-2-6-19-10-16/h1-6,9-10,14,22H,7-8,11-13H2,(H,20,23). The number of carbonyl (C=O) groups is 1. The number of anilines is 1. The van der Waals surface area contributed by atoms with Crippen molar-refractivity contribution in [3.8, 4) is 11.1 Å². The predicted octanol–water partition coefficient (Wildman–Crippen LogP) is 2.22. The summed E-state index contributed by atoms with van der Waals surface area (Å²) in [6, 6.07) is 11.3. The third-order valence-electron chi connectivity index (χ3n) is 3.99. The highest BCUT2D eigenvalue weighted by Crippen LogP contribution is 2.22. The number of benzene rings is 1. The average molecular weight is 327 g/mol. The molecule has 2 amide bonds. The molecule has 1 unspecified atom stereocenters. The number of carbonyl (C=O) groups excluding carboxylic acids is 1. The summed E-state index contributed by atoms with van der Waals surface area (Å²) in [5, 5.41) is 12.2. The molecular formula is C18H21N3O3. The first kappa shape index (κ1) is 16.4. The van der Waals surface area contributed by atoms with Gasteiger partial charge in [0.1, 0.15) is 0 Å². The maximum absolute atomic E-state index is 12.5. The maximum atomic E-state index is 12.5. The zero-order chi connectivity index (χ0) is 16.8. The number of nitrogens with one attached hydrogen (secondary N) is 1. The molecule has 1 saturated heterocycles. The third-order valence-corrected chi connectivity index (χ3v) is 3.99. The van der Waals surface area contributed by atoms with E-state index in [1.54, 1.807) is 17.3 Å². The van der Waals surface area contributed by atoms with Crippen LogP contribution in [0.5, 0.6) is 0 Å². The van der Waals surface area contributed by atoms with Crippen LogP contribution in [-0.4, -0.2) is 53.9 Å². The lowest BCUT2D eigenvalue weighted by molar-refractivity contribution is 0.0958. The summed E-state index contributed by atoms with van der Waals surface area (Å²) in [5.41, 5.74) is 2.72. The number of aromatic nitrogens is 1. The van der Waals surface area contributed by atoms with Gasteiger partial charge in [-0.25, -0.2) is 4.79 Å². The van der Waals surface area contributed by atoms with E-state index in [-0.39, 0.29) is 18.6 Å². The molecule has 0 saturated carbocycles. The van der Waals surface area contributed by atoms with Crippen molar-refractivity contribution >= 4 is 11.7 Å². The largest absolute Gasteiger partial charge is 0.396 e. The SMILES string of the molecule is O=C(Nc1cccc(-c2cccnc2)c1)N1CCOCC(CO)C1. The summed E-state index contributed by atoms with van der Waals surface area (Å²) >= 11 is 0. The highest BCUT2D eigenvalue weighted by atomic mass is 16.5. The van der Waals surface area contributed by atoms with E-state index < -0.39 is 0 Å². The fraction of sp³-hybridized carbons (Fsp3) is 0.333. The van der Waals surface area contributed by atoms with Crippen molar-refractivity contribution in [1.29, 1.82) is 0 Å². The van der Waals surface area contributed by atoms with Crippen LogP contribution in [0.4, 0.5) is 10.5 Å². The van der Waals surface area contributed by atoms with Crippen molar-refractivity contribution in [2.75, 3.05) is 38.2 Å². The van der Waals surface area contributed by atoms with Crippen molar-refractivity contribution in [3.05, 3.63) is 48.8 Å².